The van der Waals surface area contributed by atoms with E-state index < -0.39 is 0 Å². The lowest BCUT2D eigenvalue weighted by molar-refractivity contribution is -0.0246. The zero-order valence-electron chi connectivity index (χ0n) is 15.9. The number of anilines is 1. The van der Waals surface area contributed by atoms with Gasteiger partial charge in [-0.2, -0.15) is 0 Å². The van der Waals surface area contributed by atoms with E-state index in [2.05, 4.69) is 10.3 Å². The summed E-state index contributed by atoms with van der Waals surface area (Å²) in [5.41, 5.74) is 2.17. The highest BCUT2D eigenvalue weighted by Gasteiger charge is 2.55. The maximum atomic E-state index is 13.1. The normalized spacial score (nSPS) is 22.9. The van der Waals surface area contributed by atoms with Crippen LogP contribution in [0.3, 0.4) is 0 Å². The quantitative estimate of drug-likeness (QED) is 0.853. The summed E-state index contributed by atoms with van der Waals surface area (Å²) in [5.74, 6) is -0.221. The van der Waals surface area contributed by atoms with Gasteiger partial charge in [0.2, 0.25) is 0 Å². The number of para-hydroxylation sites is 1. The third kappa shape index (κ3) is 2.92. The Kier molecular flexibility index (Phi) is 4.77. The van der Waals surface area contributed by atoms with Crippen LogP contribution in [0.2, 0.25) is 0 Å². The molecule has 3 heterocycles. The number of likely N-dealkylation sites (tertiary alicyclic amines) is 1. The van der Waals surface area contributed by atoms with Crippen LogP contribution in [0.4, 0.5) is 10.5 Å². The first kappa shape index (κ1) is 18.4. The van der Waals surface area contributed by atoms with Crippen molar-refractivity contribution in [1.29, 1.82) is 0 Å². The van der Waals surface area contributed by atoms with Gasteiger partial charge in [0, 0.05) is 30.4 Å². The SMILES string of the molecule is CC(C)NC(=O)N1C[C@@H]2[C@H](c3ccccc31)[C@H](CO)N2C(=O)c1ccccn1. The van der Waals surface area contributed by atoms with Gasteiger partial charge in [-0.1, -0.05) is 24.3 Å². The highest BCUT2D eigenvalue weighted by Crippen LogP contribution is 2.48. The van der Waals surface area contributed by atoms with Gasteiger partial charge in [-0.25, -0.2) is 4.79 Å². The zero-order chi connectivity index (χ0) is 19.8. The topological polar surface area (TPSA) is 85.8 Å². The van der Waals surface area contributed by atoms with Crippen molar-refractivity contribution in [3.8, 4) is 0 Å². The summed E-state index contributed by atoms with van der Waals surface area (Å²) in [6, 6.07) is 12.2. The molecule has 7 nitrogen and oxygen atoms in total. The minimum absolute atomic E-state index is 0.00281. The van der Waals surface area contributed by atoms with Gasteiger partial charge in [-0.05, 0) is 37.6 Å². The Morgan fingerprint density at radius 2 is 1.96 bits per heavy atom. The molecule has 0 radical (unpaired) electrons. The molecule has 1 aromatic carbocycles. The standard InChI is InChI=1S/C21H24N4O3/c1-13(2)23-21(28)24-11-17-19(14-7-3-4-9-16(14)24)18(12-26)25(17)20(27)15-8-5-6-10-22-15/h3-10,13,17-19,26H,11-12H2,1-2H3,(H,23,28)/t17-,18+,19+/m1/s1. The van der Waals surface area contributed by atoms with E-state index >= 15 is 0 Å². The molecule has 0 spiro atoms. The summed E-state index contributed by atoms with van der Waals surface area (Å²) in [5, 5.41) is 12.9. The molecule has 2 aliphatic rings. The smallest absolute Gasteiger partial charge is 0.322 e. The Bertz CT molecular complexity index is 886. The van der Waals surface area contributed by atoms with Crippen LogP contribution >= 0.6 is 0 Å². The fourth-order valence-electron chi connectivity index (χ4n) is 4.31. The molecular weight excluding hydrogens is 356 g/mol. The molecule has 1 aromatic heterocycles. The zero-order valence-corrected chi connectivity index (χ0v) is 15.9. The number of pyridine rings is 1. The van der Waals surface area contributed by atoms with Gasteiger partial charge in [0.25, 0.3) is 5.91 Å². The lowest BCUT2D eigenvalue weighted by Crippen LogP contribution is -2.71. The Morgan fingerprint density at radius 1 is 1.21 bits per heavy atom. The summed E-state index contributed by atoms with van der Waals surface area (Å²) in [7, 11) is 0. The van der Waals surface area contributed by atoms with Crippen LogP contribution in [0.1, 0.15) is 35.8 Å². The summed E-state index contributed by atoms with van der Waals surface area (Å²) < 4.78 is 0. The lowest BCUT2D eigenvalue weighted by atomic mass is 9.72. The molecule has 28 heavy (non-hydrogen) atoms. The highest BCUT2D eigenvalue weighted by atomic mass is 16.3. The Morgan fingerprint density at radius 3 is 2.64 bits per heavy atom. The number of aliphatic hydroxyl groups excluding tert-OH is 1. The fraction of sp³-hybridized carbons (Fsp3) is 0.381. The number of aromatic nitrogens is 1. The number of fused-ring (bicyclic) bond motifs is 3. The molecule has 146 valence electrons. The van der Waals surface area contributed by atoms with E-state index in [-0.39, 0.29) is 42.6 Å². The second-order valence-corrected chi connectivity index (χ2v) is 7.54. The molecule has 2 N–H and O–H groups in total. The number of carbonyl (C=O) groups is 2. The van der Waals surface area contributed by atoms with Crippen molar-refractivity contribution in [1.82, 2.24) is 15.2 Å². The van der Waals surface area contributed by atoms with Gasteiger partial charge in [-0.3, -0.25) is 14.7 Å². The van der Waals surface area contributed by atoms with Crippen molar-refractivity contribution in [3.63, 3.8) is 0 Å². The molecule has 0 unspecified atom stereocenters. The van der Waals surface area contributed by atoms with E-state index in [1.54, 1.807) is 34.2 Å². The van der Waals surface area contributed by atoms with Crippen molar-refractivity contribution < 1.29 is 14.7 Å². The number of carbonyl (C=O) groups excluding carboxylic acids is 2. The average Bonchev–Trinajstić information content (AvgIpc) is 2.68. The minimum atomic E-state index is -0.323. The van der Waals surface area contributed by atoms with Gasteiger partial charge in [-0.15, -0.1) is 0 Å². The van der Waals surface area contributed by atoms with E-state index in [0.717, 1.165) is 11.3 Å². The van der Waals surface area contributed by atoms with E-state index in [0.29, 0.717) is 12.2 Å². The first-order valence-corrected chi connectivity index (χ1v) is 9.54. The molecule has 0 bridgehead atoms. The van der Waals surface area contributed by atoms with Gasteiger partial charge in [0.15, 0.2) is 0 Å². The summed E-state index contributed by atoms with van der Waals surface area (Å²) in [6.07, 6.45) is 1.58. The van der Waals surface area contributed by atoms with Crippen molar-refractivity contribution in [2.45, 2.75) is 37.9 Å². The van der Waals surface area contributed by atoms with Crippen molar-refractivity contribution in [3.05, 3.63) is 59.9 Å². The van der Waals surface area contributed by atoms with Crippen molar-refractivity contribution in [2.75, 3.05) is 18.1 Å². The lowest BCUT2D eigenvalue weighted by Gasteiger charge is -2.58. The fourth-order valence-corrected chi connectivity index (χ4v) is 4.31. The molecule has 1 fully saturated rings. The number of hydrogen-bond donors (Lipinski definition) is 2. The molecular formula is C21H24N4O3. The van der Waals surface area contributed by atoms with Crippen LogP contribution in [0.5, 0.6) is 0 Å². The number of benzene rings is 1. The second kappa shape index (κ2) is 7.24. The number of aliphatic hydroxyl groups is 1. The Balaban J connectivity index is 1.69. The van der Waals surface area contributed by atoms with Gasteiger partial charge in [0.1, 0.15) is 5.69 Å². The van der Waals surface area contributed by atoms with Crippen LogP contribution in [-0.2, 0) is 0 Å². The Hall–Kier alpha value is -2.93. The molecule has 0 saturated carbocycles. The predicted octanol–water partition coefficient (Wildman–Crippen LogP) is 1.99. The highest BCUT2D eigenvalue weighted by molar-refractivity contribution is 5.97. The minimum Gasteiger partial charge on any atom is -0.394 e. The molecule has 4 rings (SSSR count). The molecule has 3 amide bonds. The Labute approximate surface area is 164 Å². The molecule has 7 heteroatoms. The molecule has 2 aromatic rings. The monoisotopic (exact) mass is 380 g/mol. The number of nitrogens with one attached hydrogen (secondary N) is 1. The first-order chi connectivity index (χ1) is 13.5. The number of hydrogen-bond acceptors (Lipinski definition) is 4. The summed E-state index contributed by atoms with van der Waals surface area (Å²) >= 11 is 0. The number of urea groups is 1. The molecule has 0 aliphatic carbocycles. The van der Waals surface area contributed by atoms with E-state index in [4.69, 9.17) is 0 Å². The third-order valence-corrected chi connectivity index (χ3v) is 5.46. The van der Waals surface area contributed by atoms with Crippen LogP contribution < -0.4 is 10.2 Å². The third-order valence-electron chi connectivity index (χ3n) is 5.46. The number of rotatable bonds is 3. The molecule has 3 atom stereocenters. The first-order valence-electron chi connectivity index (χ1n) is 9.54. The largest absolute Gasteiger partial charge is 0.394 e. The van der Waals surface area contributed by atoms with Crippen LogP contribution in [0.15, 0.2) is 48.7 Å². The molecule has 1 saturated heterocycles. The maximum Gasteiger partial charge on any atom is 0.322 e. The van der Waals surface area contributed by atoms with Crippen molar-refractivity contribution >= 4 is 17.6 Å². The van der Waals surface area contributed by atoms with Gasteiger partial charge >= 0.3 is 6.03 Å². The van der Waals surface area contributed by atoms with E-state index in [1.165, 1.54) is 0 Å². The predicted molar refractivity (Wildman–Crippen MR) is 105 cm³/mol. The molecule has 2 aliphatic heterocycles. The van der Waals surface area contributed by atoms with Gasteiger partial charge in [0.05, 0.1) is 18.7 Å². The average molecular weight is 380 g/mol. The van der Waals surface area contributed by atoms with Gasteiger partial charge < -0.3 is 15.3 Å². The summed E-state index contributed by atoms with van der Waals surface area (Å²) in [4.78, 5) is 33.4. The number of amides is 3. The second-order valence-electron chi connectivity index (χ2n) is 7.54. The number of nitrogens with zero attached hydrogens (tertiary/aromatic N) is 3. The summed E-state index contributed by atoms with van der Waals surface area (Å²) in [6.45, 7) is 4.08. The van der Waals surface area contributed by atoms with Crippen LogP contribution in [0.25, 0.3) is 0 Å². The van der Waals surface area contributed by atoms with E-state index in [9.17, 15) is 14.7 Å². The van der Waals surface area contributed by atoms with Crippen LogP contribution in [0, 0.1) is 0 Å². The van der Waals surface area contributed by atoms with Crippen molar-refractivity contribution in [2.24, 2.45) is 0 Å². The van der Waals surface area contributed by atoms with Crippen LogP contribution in [-0.4, -0.2) is 58.2 Å². The maximum absolute atomic E-state index is 13.1. The van der Waals surface area contributed by atoms with E-state index in [1.807, 2.05) is 38.1 Å².